The fraction of sp³-hybridized carbons (Fsp3) is 0.440. The molecule has 1 aromatic carbocycles. The summed E-state index contributed by atoms with van der Waals surface area (Å²) in [6.45, 7) is 1.70. The van der Waals surface area contributed by atoms with E-state index in [0.717, 1.165) is 63.0 Å². The number of hydrogen-bond acceptors (Lipinski definition) is 8. The summed E-state index contributed by atoms with van der Waals surface area (Å²) in [5.41, 5.74) is 1.67. The minimum Gasteiger partial charge on any atom is -0.354 e. The van der Waals surface area contributed by atoms with Gasteiger partial charge in [0.05, 0.1) is 0 Å². The van der Waals surface area contributed by atoms with Gasteiger partial charge in [-0.1, -0.05) is 18.9 Å². The van der Waals surface area contributed by atoms with E-state index >= 15 is 0 Å². The molecule has 2 aliphatic rings. The van der Waals surface area contributed by atoms with Gasteiger partial charge in [0.25, 0.3) is 0 Å². The Morgan fingerprint density at radius 1 is 0.882 bits per heavy atom. The van der Waals surface area contributed by atoms with Crippen LogP contribution in [0, 0.1) is 17.7 Å². The first-order valence-corrected chi connectivity index (χ1v) is 12.4. The van der Waals surface area contributed by atoms with Gasteiger partial charge < -0.3 is 14.9 Å². The van der Waals surface area contributed by atoms with Crippen molar-refractivity contribution in [3.8, 4) is 11.5 Å². The van der Waals surface area contributed by atoms with Crippen LogP contribution in [0.25, 0.3) is 11.5 Å². The molecule has 0 bridgehead atoms. The van der Waals surface area contributed by atoms with Crippen molar-refractivity contribution >= 4 is 30.4 Å². The first-order valence-electron chi connectivity index (χ1n) is 12.0. The van der Waals surface area contributed by atoms with Crippen LogP contribution in [0.3, 0.4) is 0 Å². The van der Waals surface area contributed by atoms with Crippen LogP contribution < -0.4 is 14.9 Å². The Bertz CT molecular complexity index is 1070. The molecular formula is C25H30FN7S. The topological polar surface area (TPSA) is 78.9 Å². The fourth-order valence-electron chi connectivity index (χ4n) is 4.36. The Balaban J connectivity index is 1.15. The summed E-state index contributed by atoms with van der Waals surface area (Å²) in [7, 11) is 0. The van der Waals surface area contributed by atoms with Gasteiger partial charge in [-0.15, -0.1) is 0 Å². The second-order valence-corrected chi connectivity index (χ2v) is 9.75. The molecule has 2 heterocycles. The average molecular weight is 480 g/mol. The summed E-state index contributed by atoms with van der Waals surface area (Å²) in [4.78, 5) is 18.2. The van der Waals surface area contributed by atoms with Crippen LogP contribution in [0.2, 0.25) is 0 Å². The number of benzene rings is 1. The number of pyridine rings is 1. The predicted molar refractivity (Wildman–Crippen MR) is 136 cm³/mol. The van der Waals surface area contributed by atoms with Crippen LogP contribution in [0.15, 0.2) is 48.7 Å². The van der Waals surface area contributed by atoms with Crippen LogP contribution in [-0.2, 0) is 0 Å². The van der Waals surface area contributed by atoms with Gasteiger partial charge in [-0.3, -0.25) is 4.98 Å². The zero-order valence-corrected chi connectivity index (χ0v) is 20.0. The standard InChI is InChI=1S/C25H30FN7S/c26-19-8-12-21(13-9-19)33(34)16-18-6-4-17(5-7-18)15-28-24-30-23(22-3-1-2-14-27-22)31-25(32-24)29-20-10-11-20/h1-3,8-9,12-14,17-18,20,34H,4-7,10-11,15-16H2,(H2,28,29,30,31,32). The van der Waals surface area contributed by atoms with Crippen molar-refractivity contribution in [2.24, 2.45) is 11.8 Å². The minimum absolute atomic E-state index is 0.223. The normalized spacial score (nSPS) is 20.1. The average Bonchev–Trinajstić information content (AvgIpc) is 3.68. The van der Waals surface area contributed by atoms with E-state index in [1.807, 2.05) is 22.5 Å². The van der Waals surface area contributed by atoms with Crippen molar-refractivity contribution in [2.45, 2.75) is 44.6 Å². The van der Waals surface area contributed by atoms with Crippen molar-refractivity contribution in [2.75, 3.05) is 28.0 Å². The monoisotopic (exact) mass is 479 g/mol. The zero-order valence-electron chi connectivity index (χ0n) is 19.1. The molecule has 7 nitrogen and oxygen atoms in total. The Labute approximate surface area is 205 Å². The molecule has 0 spiro atoms. The van der Waals surface area contributed by atoms with Gasteiger partial charge in [0.1, 0.15) is 11.5 Å². The summed E-state index contributed by atoms with van der Waals surface area (Å²) >= 11 is 4.62. The first kappa shape index (κ1) is 22.8. The largest absolute Gasteiger partial charge is 0.354 e. The number of rotatable bonds is 9. The van der Waals surface area contributed by atoms with Crippen LogP contribution in [0.1, 0.15) is 38.5 Å². The fourth-order valence-corrected chi connectivity index (χ4v) is 4.72. The molecule has 0 saturated heterocycles. The van der Waals surface area contributed by atoms with Gasteiger partial charge in [-0.25, -0.2) is 4.39 Å². The van der Waals surface area contributed by atoms with Crippen LogP contribution >= 0.6 is 12.8 Å². The molecule has 0 unspecified atom stereocenters. The summed E-state index contributed by atoms with van der Waals surface area (Å²) in [5.74, 6) is 2.73. The van der Waals surface area contributed by atoms with E-state index in [2.05, 4.69) is 43.4 Å². The smallest absolute Gasteiger partial charge is 0.228 e. The Kier molecular flexibility index (Phi) is 7.08. The number of anilines is 3. The molecule has 0 atom stereocenters. The summed E-state index contributed by atoms with van der Waals surface area (Å²) in [6, 6.07) is 12.7. The number of nitrogens with one attached hydrogen (secondary N) is 2. The van der Waals surface area contributed by atoms with E-state index in [1.165, 1.54) is 12.1 Å². The Morgan fingerprint density at radius 2 is 1.62 bits per heavy atom. The molecule has 3 aromatic rings. The maximum Gasteiger partial charge on any atom is 0.228 e. The lowest BCUT2D eigenvalue weighted by Crippen LogP contribution is -2.28. The van der Waals surface area contributed by atoms with Crippen LogP contribution in [0.4, 0.5) is 22.0 Å². The second kappa shape index (κ2) is 10.5. The molecule has 2 fully saturated rings. The van der Waals surface area contributed by atoms with Gasteiger partial charge >= 0.3 is 0 Å². The highest BCUT2D eigenvalue weighted by molar-refractivity contribution is 7.81. The maximum absolute atomic E-state index is 13.2. The molecule has 2 aliphatic carbocycles. The van der Waals surface area contributed by atoms with Crippen LogP contribution in [-0.4, -0.2) is 39.1 Å². The Morgan fingerprint density at radius 3 is 2.32 bits per heavy atom. The zero-order chi connectivity index (χ0) is 23.3. The third kappa shape index (κ3) is 6.14. The van der Waals surface area contributed by atoms with Crippen LogP contribution in [0.5, 0.6) is 0 Å². The molecule has 178 valence electrons. The van der Waals surface area contributed by atoms with Gasteiger partial charge in [-0.05, 0) is 86.8 Å². The van der Waals surface area contributed by atoms with Crippen molar-refractivity contribution in [3.05, 3.63) is 54.5 Å². The van der Waals surface area contributed by atoms with E-state index in [0.29, 0.717) is 35.6 Å². The van der Waals surface area contributed by atoms with E-state index in [4.69, 9.17) is 0 Å². The lowest BCUT2D eigenvalue weighted by atomic mass is 9.82. The first-order chi connectivity index (χ1) is 16.6. The predicted octanol–water partition coefficient (Wildman–Crippen LogP) is 5.22. The van der Waals surface area contributed by atoms with Gasteiger partial charge in [0.2, 0.25) is 11.9 Å². The molecule has 9 heteroatoms. The molecule has 5 rings (SSSR count). The summed E-state index contributed by atoms with van der Waals surface area (Å²) < 4.78 is 15.1. The third-order valence-corrected chi connectivity index (χ3v) is 6.91. The lowest BCUT2D eigenvalue weighted by molar-refractivity contribution is 0.290. The second-order valence-electron chi connectivity index (χ2n) is 9.27. The highest BCUT2D eigenvalue weighted by Gasteiger charge is 2.24. The van der Waals surface area contributed by atoms with Gasteiger partial charge in [-0.2, -0.15) is 15.0 Å². The van der Waals surface area contributed by atoms with Crippen molar-refractivity contribution in [1.29, 1.82) is 0 Å². The molecule has 0 radical (unpaired) electrons. The third-order valence-electron chi connectivity index (χ3n) is 6.51. The molecule has 0 amide bonds. The molecule has 34 heavy (non-hydrogen) atoms. The van der Waals surface area contributed by atoms with Crippen molar-refractivity contribution < 1.29 is 4.39 Å². The summed E-state index contributed by atoms with van der Waals surface area (Å²) in [5, 5.41) is 6.84. The molecule has 0 aliphatic heterocycles. The molecular weight excluding hydrogens is 449 g/mol. The van der Waals surface area contributed by atoms with E-state index in [1.54, 1.807) is 18.3 Å². The number of nitrogens with zero attached hydrogens (tertiary/aromatic N) is 5. The summed E-state index contributed by atoms with van der Waals surface area (Å²) in [6.07, 6.45) is 8.65. The highest BCUT2D eigenvalue weighted by Crippen LogP contribution is 2.31. The molecule has 2 N–H and O–H groups in total. The SMILES string of the molecule is Fc1ccc(N(S)CC2CCC(CNc3nc(NC4CC4)nc(-c4ccccn4)n3)CC2)cc1. The number of halogens is 1. The van der Waals surface area contributed by atoms with E-state index in [9.17, 15) is 4.39 Å². The van der Waals surface area contributed by atoms with Gasteiger partial charge in [0, 0.05) is 31.0 Å². The molecule has 2 saturated carbocycles. The van der Waals surface area contributed by atoms with E-state index in [-0.39, 0.29) is 5.82 Å². The van der Waals surface area contributed by atoms with Crippen molar-refractivity contribution in [3.63, 3.8) is 0 Å². The van der Waals surface area contributed by atoms with Gasteiger partial charge in [0.15, 0.2) is 5.82 Å². The minimum atomic E-state index is -0.223. The number of aromatic nitrogens is 4. The Hall–Kier alpha value is -2.94. The molecule has 2 aromatic heterocycles. The maximum atomic E-state index is 13.2. The lowest BCUT2D eigenvalue weighted by Gasteiger charge is -2.31. The van der Waals surface area contributed by atoms with E-state index < -0.39 is 0 Å². The number of thiol groups is 1. The quantitative estimate of drug-likeness (QED) is 0.363. The number of hydrogen-bond donors (Lipinski definition) is 3. The van der Waals surface area contributed by atoms with Crippen molar-refractivity contribution in [1.82, 2.24) is 19.9 Å². The highest BCUT2D eigenvalue weighted by atomic mass is 32.1.